The van der Waals surface area contributed by atoms with Gasteiger partial charge in [0.05, 0.1) is 16.7 Å². The molecule has 0 saturated heterocycles. The highest BCUT2D eigenvalue weighted by molar-refractivity contribution is 7.89. The van der Waals surface area contributed by atoms with E-state index >= 15 is 0 Å². The van der Waals surface area contributed by atoms with Crippen LogP contribution in [-0.2, 0) is 28.6 Å². The predicted octanol–water partition coefficient (Wildman–Crippen LogP) is 3.39. The van der Waals surface area contributed by atoms with Gasteiger partial charge < -0.3 is 0 Å². The second kappa shape index (κ2) is 5.01. The average molecular weight is 361 g/mol. The number of sulfonamides is 1. The van der Waals surface area contributed by atoms with Crippen LogP contribution in [0.2, 0.25) is 0 Å². The summed E-state index contributed by atoms with van der Waals surface area (Å²) >= 11 is 0. The maximum Gasteiger partial charge on any atom is 0.417 e. The van der Waals surface area contributed by atoms with Crippen molar-refractivity contribution in [3.8, 4) is 0 Å². The fraction of sp³-hybridized carbons (Fsp3) is 0.333. The fourth-order valence-electron chi connectivity index (χ4n) is 1.52. The third kappa shape index (κ3) is 3.82. The minimum Gasteiger partial charge on any atom is -0.225 e. The number of benzene rings is 1. The van der Waals surface area contributed by atoms with Crippen LogP contribution in [0.3, 0.4) is 0 Å². The van der Waals surface area contributed by atoms with Gasteiger partial charge in [0.15, 0.2) is 0 Å². The van der Waals surface area contributed by atoms with Gasteiger partial charge in [0.25, 0.3) is 0 Å². The first-order valence-electron chi connectivity index (χ1n) is 4.88. The topological polar surface area (TPSA) is 60.2 Å². The summed E-state index contributed by atoms with van der Waals surface area (Å²) in [7, 11) is -5.60. The van der Waals surface area contributed by atoms with Crippen molar-refractivity contribution in [3.63, 3.8) is 0 Å². The van der Waals surface area contributed by atoms with E-state index < -0.39 is 62.3 Å². The van der Waals surface area contributed by atoms with Crippen molar-refractivity contribution in [3.05, 3.63) is 28.8 Å². The SMILES string of the molecule is NS(=O)(=O)c1c(C(F)(F)F)cc(C(F)(F)F)cc1C(F)(F)F. The Morgan fingerprint density at radius 1 is 0.727 bits per heavy atom. The van der Waals surface area contributed by atoms with E-state index in [4.69, 9.17) is 0 Å². The molecule has 2 N–H and O–H groups in total. The molecule has 1 aromatic carbocycles. The molecular formula is C9H4F9NO2S. The van der Waals surface area contributed by atoms with E-state index in [2.05, 4.69) is 5.14 Å². The van der Waals surface area contributed by atoms with Crippen LogP contribution in [0.5, 0.6) is 0 Å². The van der Waals surface area contributed by atoms with Crippen LogP contribution in [-0.4, -0.2) is 8.42 Å². The van der Waals surface area contributed by atoms with E-state index in [1.54, 1.807) is 0 Å². The van der Waals surface area contributed by atoms with Crippen LogP contribution in [0.25, 0.3) is 0 Å². The molecule has 0 aromatic heterocycles. The fourth-order valence-corrected chi connectivity index (χ4v) is 2.48. The average Bonchev–Trinajstić information content (AvgIpc) is 2.22. The first-order valence-corrected chi connectivity index (χ1v) is 6.43. The minimum atomic E-state index is -5.80. The molecule has 0 unspecified atom stereocenters. The molecule has 22 heavy (non-hydrogen) atoms. The van der Waals surface area contributed by atoms with Crippen LogP contribution in [0.1, 0.15) is 16.7 Å². The molecule has 0 aliphatic heterocycles. The molecule has 1 rings (SSSR count). The molecule has 0 amide bonds. The van der Waals surface area contributed by atoms with Crippen molar-refractivity contribution in [2.24, 2.45) is 5.14 Å². The van der Waals surface area contributed by atoms with Gasteiger partial charge in [-0.1, -0.05) is 0 Å². The quantitative estimate of drug-likeness (QED) is 0.780. The van der Waals surface area contributed by atoms with E-state index in [0.29, 0.717) is 0 Å². The van der Waals surface area contributed by atoms with Crippen molar-refractivity contribution < 1.29 is 47.9 Å². The lowest BCUT2D eigenvalue weighted by Gasteiger charge is -2.19. The molecule has 0 spiro atoms. The van der Waals surface area contributed by atoms with Crippen molar-refractivity contribution in [2.75, 3.05) is 0 Å². The maximum atomic E-state index is 12.7. The zero-order valence-electron chi connectivity index (χ0n) is 9.86. The van der Waals surface area contributed by atoms with Gasteiger partial charge in [0.2, 0.25) is 10.0 Å². The van der Waals surface area contributed by atoms with Crippen LogP contribution in [0.4, 0.5) is 39.5 Å². The normalized spacial score (nSPS) is 14.3. The second-order valence-electron chi connectivity index (χ2n) is 3.94. The Hall–Kier alpha value is -1.50. The Morgan fingerprint density at radius 3 is 1.23 bits per heavy atom. The van der Waals surface area contributed by atoms with Crippen LogP contribution >= 0.6 is 0 Å². The molecule has 13 heteroatoms. The first-order chi connectivity index (χ1) is 9.45. The summed E-state index contributed by atoms with van der Waals surface area (Å²) in [4.78, 5) is -2.46. The van der Waals surface area contributed by atoms with E-state index in [1.807, 2.05) is 0 Å². The van der Waals surface area contributed by atoms with Gasteiger partial charge in [-0.3, -0.25) is 0 Å². The Bertz CT molecular complexity index is 650. The molecule has 0 aliphatic carbocycles. The third-order valence-corrected chi connectivity index (χ3v) is 3.32. The van der Waals surface area contributed by atoms with Crippen LogP contribution in [0, 0.1) is 0 Å². The van der Waals surface area contributed by atoms with Crippen molar-refractivity contribution in [1.82, 2.24) is 0 Å². The Balaban J connectivity index is 4.05. The molecular weight excluding hydrogens is 357 g/mol. The van der Waals surface area contributed by atoms with Gasteiger partial charge in [-0.2, -0.15) is 39.5 Å². The molecule has 126 valence electrons. The molecule has 0 radical (unpaired) electrons. The molecule has 3 nitrogen and oxygen atoms in total. The lowest BCUT2D eigenvalue weighted by molar-refractivity contribution is -0.152. The largest absolute Gasteiger partial charge is 0.417 e. The Labute approximate surface area is 116 Å². The van der Waals surface area contributed by atoms with Gasteiger partial charge in [0, 0.05) is 0 Å². The third-order valence-electron chi connectivity index (χ3n) is 2.31. The summed E-state index contributed by atoms with van der Waals surface area (Å²) < 4.78 is 135. The number of halogens is 9. The number of alkyl halides is 9. The van der Waals surface area contributed by atoms with Gasteiger partial charge in [0.1, 0.15) is 4.90 Å². The summed E-state index contributed by atoms with van der Waals surface area (Å²) in [5.74, 6) is 0. The maximum absolute atomic E-state index is 12.7. The lowest BCUT2D eigenvalue weighted by Crippen LogP contribution is -2.25. The molecule has 0 aliphatic rings. The monoisotopic (exact) mass is 361 g/mol. The molecule has 0 fully saturated rings. The van der Waals surface area contributed by atoms with Crippen LogP contribution in [0.15, 0.2) is 17.0 Å². The standard InChI is InChI=1S/C9H4F9NO2S/c10-7(11,12)3-1-4(8(13,14)15)6(22(19,20)21)5(2-3)9(16,17)18/h1-2H,(H2,19,20,21). The number of primary sulfonamides is 1. The summed E-state index contributed by atoms with van der Waals surface area (Å²) in [5, 5.41) is 4.30. The van der Waals surface area contributed by atoms with Gasteiger partial charge in [-0.15, -0.1) is 0 Å². The molecule has 0 bridgehead atoms. The van der Waals surface area contributed by atoms with Gasteiger partial charge >= 0.3 is 18.5 Å². The highest BCUT2D eigenvalue weighted by Gasteiger charge is 2.47. The predicted molar refractivity (Wildman–Crippen MR) is 52.8 cm³/mol. The van der Waals surface area contributed by atoms with Crippen molar-refractivity contribution in [2.45, 2.75) is 23.4 Å². The summed E-state index contributed by atoms with van der Waals surface area (Å²) in [6.45, 7) is 0. The molecule has 0 saturated carbocycles. The smallest absolute Gasteiger partial charge is 0.225 e. The van der Waals surface area contributed by atoms with E-state index in [0.717, 1.165) is 0 Å². The van der Waals surface area contributed by atoms with E-state index in [-0.39, 0.29) is 0 Å². The molecule has 0 atom stereocenters. The summed E-state index contributed by atoms with van der Waals surface area (Å²) in [5.41, 5.74) is -7.59. The van der Waals surface area contributed by atoms with Crippen molar-refractivity contribution in [1.29, 1.82) is 0 Å². The summed E-state index contributed by atoms with van der Waals surface area (Å²) in [6.07, 6.45) is -17.2. The van der Waals surface area contributed by atoms with E-state index in [1.165, 1.54) is 0 Å². The Kier molecular flexibility index (Phi) is 4.22. The van der Waals surface area contributed by atoms with Gasteiger partial charge in [-0.25, -0.2) is 13.6 Å². The number of hydrogen-bond donors (Lipinski definition) is 1. The molecule has 1 aromatic rings. The highest BCUT2D eigenvalue weighted by Crippen LogP contribution is 2.44. The highest BCUT2D eigenvalue weighted by atomic mass is 32.2. The van der Waals surface area contributed by atoms with E-state index in [9.17, 15) is 47.9 Å². The minimum absolute atomic E-state index is 0.741. The number of nitrogens with two attached hydrogens (primary N) is 1. The molecule has 0 heterocycles. The number of rotatable bonds is 1. The zero-order valence-corrected chi connectivity index (χ0v) is 10.7. The van der Waals surface area contributed by atoms with Crippen molar-refractivity contribution >= 4 is 10.0 Å². The first kappa shape index (κ1) is 18.5. The number of hydrogen-bond acceptors (Lipinski definition) is 2. The second-order valence-corrected chi connectivity index (χ2v) is 5.44. The summed E-state index contributed by atoms with van der Waals surface area (Å²) in [6, 6.07) is -1.48. The zero-order chi connectivity index (χ0) is 17.7. The van der Waals surface area contributed by atoms with Crippen LogP contribution < -0.4 is 5.14 Å². The lowest BCUT2D eigenvalue weighted by atomic mass is 10.0. The van der Waals surface area contributed by atoms with Gasteiger partial charge in [-0.05, 0) is 12.1 Å². The Morgan fingerprint density at radius 2 is 1.05 bits per heavy atom.